The Bertz CT molecular complexity index is 552. The van der Waals surface area contributed by atoms with Gasteiger partial charge in [-0.2, -0.15) is 0 Å². The van der Waals surface area contributed by atoms with Gasteiger partial charge in [0.1, 0.15) is 5.75 Å². The third-order valence-electron chi connectivity index (χ3n) is 2.32. The first-order valence-corrected chi connectivity index (χ1v) is 5.33. The van der Waals surface area contributed by atoms with Crippen LogP contribution < -0.4 is 10.5 Å². The van der Waals surface area contributed by atoms with Crippen LogP contribution in [0.25, 0.3) is 0 Å². The zero-order chi connectivity index (χ0) is 13.0. The summed E-state index contributed by atoms with van der Waals surface area (Å²) in [6.45, 7) is 0. The molecule has 0 amide bonds. The number of aromatic nitrogens is 1. The summed E-state index contributed by atoms with van der Waals surface area (Å²) in [5, 5.41) is 8.65. The summed E-state index contributed by atoms with van der Waals surface area (Å²) in [4.78, 5) is 14.4. The number of nitrogens with zero attached hydrogens (tertiary/aromatic N) is 1. The maximum Gasteiger partial charge on any atom is 0.307 e. The molecular weight excluding hydrogens is 232 g/mol. The number of nitrogen functional groups attached to an aromatic ring is 1. The summed E-state index contributed by atoms with van der Waals surface area (Å²) < 4.78 is 5.53. The van der Waals surface area contributed by atoms with Gasteiger partial charge in [-0.05, 0) is 23.8 Å². The molecule has 5 heteroatoms. The van der Waals surface area contributed by atoms with Crippen molar-refractivity contribution in [3.8, 4) is 11.5 Å². The molecule has 1 heterocycles. The molecule has 92 valence electrons. The third kappa shape index (κ3) is 2.98. The van der Waals surface area contributed by atoms with E-state index in [4.69, 9.17) is 15.6 Å². The molecule has 0 radical (unpaired) electrons. The van der Waals surface area contributed by atoms with Gasteiger partial charge < -0.3 is 15.6 Å². The molecule has 2 rings (SSSR count). The predicted octanol–water partition coefficient (Wildman–Crippen LogP) is 2.08. The van der Waals surface area contributed by atoms with Crippen LogP contribution in [-0.4, -0.2) is 16.1 Å². The van der Waals surface area contributed by atoms with Crippen molar-refractivity contribution in [2.45, 2.75) is 6.42 Å². The van der Waals surface area contributed by atoms with E-state index in [2.05, 4.69) is 4.98 Å². The van der Waals surface area contributed by atoms with Crippen molar-refractivity contribution in [1.29, 1.82) is 0 Å². The molecule has 1 aromatic carbocycles. The lowest BCUT2D eigenvalue weighted by atomic mass is 10.1. The highest BCUT2D eigenvalue weighted by Gasteiger charge is 2.03. The normalized spacial score (nSPS) is 10.0. The molecule has 0 aliphatic carbocycles. The first-order valence-electron chi connectivity index (χ1n) is 5.33. The minimum Gasteiger partial charge on any atom is -0.481 e. The summed E-state index contributed by atoms with van der Waals surface area (Å²) in [7, 11) is 0. The lowest BCUT2D eigenvalue weighted by Crippen LogP contribution is -1.99. The molecule has 0 aliphatic heterocycles. The van der Waals surface area contributed by atoms with E-state index in [1.165, 1.54) is 6.20 Å². The molecule has 18 heavy (non-hydrogen) atoms. The van der Waals surface area contributed by atoms with Gasteiger partial charge in [-0.15, -0.1) is 0 Å². The van der Waals surface area contributed by atoms with Crippen molar-refractivity contribution in [3.05, 3.63) is 48.3 Å². The van der Waals surface area contributed by atoms with Crippen LogP contribution in [0.15, 0.2) is 42.7 Å². The number of ether oxygens (including phenoxy) is 1. The second-order valence-corrected chi connectivity index (χ2v) is 3.73. The number of hydrogen-bond acceptors (Lipinski definition) is 4. The Morgan fingerprint density at radius 3 is 2.61 bits per heavy atom. The highest BCUT2D eigenvalue weighted by Crippen LogP contribution is 2.25. The van der Waals surface area contributed by atoms with Gasteiger partial charge in [0.2, 0.25) is 0 Å². The summed E-state index contributed by atoms with van der Waals surface area (Å²) in [5.41, 5.74) is 6.94. The van der Waals surface area contributed by atoms with Crippen LogP contribution in [0.1, 0.15) is 5.56 Å². The van der Waals surface area contributed by atoms with Crippen molar-refractivity contribution >= 4 is 11.7 Å². The van der Waals surface area contributed by atoms with Gasteiger partial charge in [-0.3, -0.25) is 9.78 Å². The van der Waals surface area contributed by atoms with E-state index in [9.17, 15) is 4.79 Å². The van der Waals surface area contributed by atoms with Gasteiger partial charge >= 0.3 is 5.97 Å². The van der Waals surface area contributed by atoms with E-state index in [1.807, 2.05) is 0 Å². The number of carboxylic acids is 1. The predicted molar refractivity (Wildman–Crippen MR) is 66.5 cm³/mol. The third-order valence-corrected chi connectivity index (χ3v) is 2.32. The number of anilines is 1. The fraction of sp³-hybridized carbons (Fsp3) is 0.0769. The molecule has 2 aromatic rings. The largest absolute Gasteiger partial charge is 0.481 e. The second kappa shape index (κ2) is 5.18. The van der Waals surface area contributed by atoms with Crippen molar-refractivity contribution in [1.82, 2.24) is 4.98 Å². The summed E-state index contributed by atoms with van der Waals surface area (Å²) in [5.74, 6) is 0.201. The van der Waals surface area contributed by atoms with Crippen LogP contribution >= 0.6 is 0 Å². The number of rotatable bonds is 4. The van der Waals surface area contributed by atoms with E-state index in [1.54, 1.807) is 36.5 Å². The highest BCUT2D eigenvalue weighted by molar-refractivity contribution is 5.70. The molecule has 0 aliphatic rings. The van der Waals surface area contributed by atoms with Gasteiger partial charge in [0, 0.05) is 6.20 Å². The van der Waals surface area contributed by atoms with E-state index >= 15 is 0 Å². The summed E-state index contributed by atoms with van der Waals surface area (Å²) in [6.07, 6.45) is 3.11. The van der Waals surface area contributed by atoms with E-state index in [-0.39, 0.29) is 6.42 Å². The Balaban J connectivity index is 2.11. The number of carboxylic acid groups (broad SMARTS) is 1. The average Bonchev–Trinajstić information content (AvgIpc) is 2.34. The van der Waals surface area contributed by atoms with Crippen LogP contribution in [0.2, 0.25) is 0 Å². The van der Waals surface area contributed by atoms with Crippen LogP contribution in [-0.2, 0) is 11.2 Å². The van der Waals surface area contributed by atoms with Crippen LogP contribution in [0, 0.1) is 0 Å². The number of pyridine rings is 1. The summed E-state index contributed by atoms with van der Waals surface area (Å²) >= 11 is 0. The minimum atomic E-state index is -0.861. The number of aliphatic carboxylic acids is 1. The molecule has 0 atom stereocenters. The quantitative estimate of drug-likeness (QED) is 0.860. The van der Waals surface area contributed by atoms with E-state index < -0.39 is 5.97 Å². The number of nitrogens with two attached hydrogens (primary N) is 1. The molecule has 0 bridgehead atoms. The van der Waals surface area contributed by atoms with Crippen LogP contribution in [0.3, 0.4) is 0 Å². The smallest absolute Gasteiger partial charge is 0.307 e. The topological polar surface area (TPSA) is 85.4 Å². The maximum atomic E-state index is 10.5. The standard InChI is InChI=1S/C13H12N2O3/c14-11-5-6-15-8-12(11)18-10-3-1-9(2-4-10)7-13(16)17/h1-6,8H,7H2,(H2,14,15)(H,16,17). The van der Waals surface area contributed by atoms with Gasteiger partial charge in [0.25, 0.3) is 0 Å². The molecule has 0 unspecified atom stereocenters. The van der Waals surface area contributed by atoms with Gasteiger partial charge in [0.15, 0.2) is 5.75 Å². The Labute approximate surface area is 104 Å². The first kappa shape index (κ1) is 11.9. The zero-order valence-corrected chi connectivity index (χ0v) is 9.54. The fourth-order valence-electron chi connectivity index (χ4n) is 1.45. The highest BCUT2D eigenvalue weighted by atomic mass is 16.5. The molecule has 1 aromatic heterocycles. The first-order chi connectivity index (χ1) is 8.65. The lowest BCUT2D eigenvalue weighted by Gasteiger charge is -2.07. The van der Waals surface area contributed by atoms with E-state index in [0.29, 0.717) is 22.7 Å². The Morgan fingerprint density at radius 1 is 1.28 bits per heavy atom. The number of hydrogen-bond donors (Lipinski definition) is 2. The monoisotopic (exact) mass is 244 g/mol. The molecule has 3 N–H and O–H groups in total. The van der Waals surface area contributed by atoms with Crippen molar-refractivity contribution in [3.63, 3.8) is 0 Å². The lowest BCUT2D eigenvalue weighted by molar-refractivity contribution is -0.136. The Morgan fingerprint density at radius 2 is 2.00 bits per heavy atom. The molecule has 0 fully saturated rings. The molecular formula is C13H12N2O3. The molecule has 0 saturated heterocycles. The molecule has 5 nitrogen and oxygen atoms in total. The Kier molecular flexibility index (Phi) is 3.43. The Hall–Kier alpha value is -2.56. The van der Waals surface area contributed by atoms with Crippen molar-refractivity contribution in [2.75, 3.05) is 5.73 Å². The average molecular weight is 244 g/mol. The van der Waals surface area contributed by atoms with E-state index in [0.717, 1.165) is 0 Å². The fourth-order valence-corrected chi connectivity index (χ4v) is 1.45. The van der Waals surface area contributed by atoms with Gasteiger partial charge in [-0.25, -0.2) is 0 Å². The number of carbonyl (C=O) groups is 1. The second-order valence-electron chi connectivity index (χ2n) is 3.73. The van der Waals surface area contributed by atoms with Crippen molar-refractivity contribution in [2.24, 2.45) is 0 Å². The van der Waals surface area contributed by atoms with Gasteiger partial charge in [0.05, 0.1) is 18.3 Å². The molecule has 0 spiro atoms. The minimum absolute atomic E-state index is 0.00465. The van der Waals surface area contributed by atoms with Crippen LogP contribution in [0.5, 0.6) is 11.5 Å². The summed E-state index contributed by atoms with van der Waals surface area (Å²) in [6, 6.07) is 8.45. The zero-order valence-electron chi connectivity index (χ0n) is 9.54. The van der Waals surface area contributed by atoms with Crippen molar-refractivity contribution < 1.29 is 14.6 Å². The van der Waals surface area contributed by atoms with Crippen LogP contribution in [0.4, 0.5) is 5.69 Å². The maximum absolute atomic E-state index is 10.5. The van der Waals surface area contributed by atoms with Gasteiger partial charge in [-0.1, -0.05) is 12.1 Å². The molecule has 0 saturated carbocycles. The number of benzene rings is 1. The SMILES string of the molecule is Nc1ccncc1Oc1ccc(CC(=O)O)cc1.